The average Bonchev–Trinajstić information content (AvgIpc) is 2.62. The Morgan fingerprint density at radius 2 is 1.31 bits per heavy atom. The van der Waals surface area contributed by atoms with E-state index >= 15 is 0 Å². The van der Waals surface area contributed by atoms with Crippen molar-refractivity contribution in [3.63, 3.8) is 0 Å². The van der Waals surface area contributed by atoms with E-state index in [2.05, 4.69) is 25.6 Å². The molecule has 0 radical (unpaired) electrons. The van der Waals surface area contributed by atoms with Gasteiger partial charge in [-0.1, -0.05) is 51.1 Å². The van der Waals surface area contributed by atoms with Crippen molar-refractivity contribution in [2.45, 2.75) is 31.9 Å². The smallest absolute Gasteiger partial charge is 0.232 e. The summed E-state index contributed by atoms with van der Waals surface area (Å²) in [5.41, 5.74) is 2.12. The van der Waals surface area contributed by atoms with Crippen molar-refractivity contribution in [1.29, 1.82) is 0 Å². The molecule has 0 amide bonds. The summed E-state index contributed by atoms with van der Waals surface area (Å²) in [7, 11) is -3.07. The Balaban J connectivity index is 1.87. The summed E-state index contributed by atoms with van der Waals surface area (Å²) in [6, 6.07) is 16.9. The van der Waals surface area contributed by atoms with Crippen molar-refractivity contribution in [2.24, 2.45) is 0 Å². The van der Waals surface area contributed by atoms with Crippen molar-refractivity contribution >= 4 is 33.1 Å². The Hall–Kier alpha value is -3.00. The first-order valence-corrected chi connectivity index (χ1v) is 11.3. The fourth-order valence-corrected chi connectivity index (χ4v) is 3.39. The van der Waals surface area contributed by atoms with Crippen molar-refractivity contribution in [3.05, 3.63) is 66.0 Å². The predicted molar refractivity (Wildman–Crippen MR) is 117 cm³/mol. The maximum atomic E-state index is 11.4. The van der Waals surface area contributed by atoms with Gasteiger partial charge in [0.15, 0.2) is 9.84 Å². The first-order valence-electron chi connectivity index (χ1n) is 9.21. The number of rotatable bonds is 6. The van der Waals surface area contributed by atoms with Crippen LogP contribution in [0.2, 0.25) is 0 Å². The highest BCUT2D eigenvalue weighted by Gasteiger charge is 2.20. The molecule has 2 aromatic carbocycles. The molecule has 0 atom stereocenters. The molecule has 0 bridgehead atoms. The van der Waals surface area contributed by atoms with Gasteiger partial charge in [0.1, 0.15) is 5.82 Å². The minimum absolute atomic E-state index is 0.0123. The molecule has 0 saturated heterocycles. The third-order valence-corrected chi connectivity index (χ3v) is 4.83. The molecule has 0 aliphatic heterocycles. The number of nitrogens with one attached hydrogen (secondary N) is 2. The molecular weight excluding hydrogens is 386 g/mol. The van der Waals surface area contributed by atoms with Crippen molar-refractivity contribution in [2.75, 3.05) is 16.9 Å². The van der Waals surface area contributed by atoms with Crippen LogP contribution >= 0.6 is 0 Å². The maximum Gasteiger partial charge on any atom is 0.232 e. The Bertz CT molecular complexity index is 1080. The minimum Gasteiger partial charge on any atom is -0.324 e. The van der Waals surface area contributed by atoms with Crippen LogP contribution < -0.4 is 10.6 Å². The molecule has 0 spiro atoms. The molecule has 1 aromatic heterocycles. The third kappa shape index (κ3) is 6.25. The van der Waals surface area contributed by atoms with Crippen LogP contribution in [0, 0.1) is 0 Å². The van der Waals surface area contributed by atoms with Gasteiger partial charge < -0.3 is 10.6 Å². The molecule has 3 aromatic rings. The summed E-state index contributed by atoms with van der Waals surface area (Å²) < 4.78 is 22.9. The summed E-state index contributed by atoms with van der Waals surface area (Å²) in [5.74, 6) is 1.53. The lowest BCUT2D eigenvalue weighted by molar-refractivity contribution is 0.544. The van der Waals surface area contributed by atoms with Crippen LogP contribution in [-0.4, -0.2) is 29.6 Å². The van der Waals surface area contributed by atoms with Gasteiger partial charge in [-0.05, 0) is 29.8 Å². The van der Waals surface area contributed by atoms with E-state index in [4.69, 9.17) is 0 Å². The standard InChI is InChI=1S/C21H25N5O2S/c1-21(2,3)18-24-19(22-16-8-6-5-7-9-16)26-20(25-18)23-17-12-10-15(11-13-17)14-29(4,27)28/h5-13H,14H2,1-4H3,(H2,22,23,24,25,26). The van der Waals surface area contributed by atoms with E-state index in [-0.39, 0.29) is 11.2 Å². The lowest BCUT2D eigenvalue weighted by Gasteiger charge is -2.18. The Labute approximate surface area is 171 Å². The summed E-state index contributed by atoms with van der Waals surface area (Å²) in [4.78, 5) is 13.6. The number of benzene rings is 2. The van der Waals surface area contributed by atoms with Crippen molar-refractivity contribution < 1.29 is 8.42 Å². The minimum atomic E-state index is -3.07. The Morgan fingerprint density at radius 3 is 1.79 bits per heavy atom. The van der Waals surface area contributed by atoms with Gasteiger partial charge >= 0.3 is 0 Å². The highest BCUT2D eigenvalue weighted by Crippen LogP contribution is 2.23. The van der Waals surface area contributed by atoms with Gasteiger partial charge in [-0.2, -0.15) is 15.0 Å². The zero-order chi connectivity index (χ0) is 21.1. The Kier molecular flexibility index (Phi) is 5.83. The number of para-hydroxylation sites is 1. The maximum absolute atomic E-state index is 11.4. The molecular formula is C21H25N5O2S. The van der Waals surface area contributed by atoms with Gasteiger partial charge in [-0.25, -0.2) is 8.42 Å². The number of sulfone groups is 1. The molecule has 0 aliphatic carbocycles. The molecule has 0 saturated carbocycles. The van der Waals surface area contributed by atoms with Crippen LogP contribution in [0.4, 0.5) is 23.3 Å². The Morgan fingerprint density at radius 1 is 0.793 bits per heavy atom. The van der Waals surface area contributed by atoms with Crippen LogP contribution in [-0.2, 0) is 21.0 Å². The summed E-state index contributed by atoms with van der Waals surface area (Å²) in [6.07, 6.45) is 1.22. The molecule has 0 aliphatic rings. The zero-order valence-electron chi connectivity index (χ0n) is 17.0. The lowest BCUT2D eigenvalue weighted by atomic mass is 9.96. The lowest BCUT2D eigenvalue weighted by Crippen LogP contribution is -2.19. The second-order valence-corrected chi connectivity index (χ2v) is 10.1. The van der Waals surface area contributed by atoms with Gasteiger partial charge in [-0.3, -0.25) is 0 Å². The molecule has 8 heteroatoms. The van der Waals surface area contributed by atoms with Gasteiger partial charge in [0.05, 0.1) is 5.75 Å². The number of nitrogens with zero attached hydrogens (tertiary/aromatic N) is 3. The van der Waals surface area contributed by atoms with Crippen LogP contribution in [0.15, 0.2) is 54.6 Å². The van der Waals surface area contributed by atoms with Crippen molar-refractivity contribution in [3.8, 4) is 0 Å². The largest absolute Gasteiger partial charge is 0.324 e. The van der Waals surface area contributed by atoms with Crippen LogP contribution in [0.3, 0.4) is 0 Å². The first-order chi connectivity index (χ1) is 13.6. The molecule has 3 rings (SSSR count). The van der Waals surface area contributed by atoms with Crippen LogP contribution in [0.5, 0.6) is 0 Å². The van der Waals surface area contributed by atoms with E-state index < -0.39 is 9.84 Å². The second kappa shape index (κ2) is 8.16. The van der Waals surface area contributed by atoms with Crippen LogP contribution in [0.1, 0.15) is 32.2 Å². The SMILES string of the molecule is CC(C)(C)c1nc(Nc2ccccc2)nc(Nc2ccc(CS(C)(=O)=O)cc2)n1. The van der Waals surface area contributed by atoms with E-state index in [1.165, 1.54) is 6.26 Å². The molecule has 2 N–H and O–H groups in total. The normalized spacial score (nSPS) is 11.9. The van der Waals surface area contributed by atoms with E-state index in [0.717, 1.165) is 16.9 Å². The fourth-order valence-electron chi connectivity index (χ4n) is 2.59. The first kappa shape index (κ1) is 20.7. The molecule has 0 unspecified atom stereocenters. The topological polar surface area (TPSA) is 96.9 Å². The summed E-state index contributed by atoms with van der Waals surface area (Å²) in [6.45, 7) is 6.12. The molecule has 152 valence electrons. The zero-order valence-corrected chi connectivity index (χ0v) is 17.8. The highest BCUT2D eigenvalue weighted by molar-refractivity contribution is 7.89. The quantitative estimate of drug-likeness (QED) is 0.627. The molecule has 7 nitrogen and oxygen atoms in total. The van der Waals surface area contributed by atoms with E-state index in [9.17, 15) is 8.42 Å². The summed E-state index contributed by atoms with van der Waals surface area (Å²) in [5, 5.41) is 6.39. The van der Waals surface area contributed by atoms with Gasteiger partial charge in [0, 0.05) is 23.0 Å². The molecule has 29 heavy (non-hydrogen) atoms. The number of hydrogen-bond donors (Lipinski definition) is 2. The monoisotopic (exact) mass is 411 g/mol. The molecule has 1 heterocycles. The number of aromatic nitrogens is 3. The van der Waals surface area contributed by atoms with Gasteiger partial charge in [0.2, 0.25) is 11.9 Å². The average molecular weight is 412 g/mol. The highest BCUT2D eigenvalue weighted by atomic mass is 32.2. The fraction of sp³-hybridized carbons (Fsp3) is 0.286. The van der Waals surface area contributed by atoms with Crippen molar-refractivity contribution in [1.82, 2.24) is 15.0 Å². The van der Waals surface area contributed by atoms with E-state index in [1.54, 1.807) is 12.1 Å². The van der Waals surface area contributed by atoms with E-state index in [0.29, 0.717) is 17.7 Å². The van der Waals surface area contributed by atoms with Gasteiger partial charge in [0.25, 0.3) is 0 Å². The van der Waals surface area contributed by atoms with Gasteiger partial charge in [-0.15, -0.1) is 0 Å². The third-order valence-electron chi connectivity index (χ3n) is 3.98. The number of hydrogen-bond acceptors (Lipinski definition) is 7. The van der Waals surface area contributed by atoms with Crippen LogP contribution in [0.25, 0.3) is 0 Å². The predicted octanol–water partition coefficient (Wildman–Crippen LogP) is 4.20. The number of anilines is 4. The van der Waals surface area contributed by atoms with E-state index in [1.807, 2.05) is 63.2 Å². The summed E-state index contributed by atoms with van der Waals surface area (Å²) >= 11 is 0. The molecule has 0 fully saturated rings. The second-order valence-electron chi connectivity index (χ2n) is 7.94.